The molecule has 2 heterocycles. The van der Waals surface area contributed by atoms with Gasteiger partial charge in [-0.15, -0.1) is 0 Å². The van der Waals surface area contributed by atoms with Crippen LogP contribution >= 0.6 is 0 Å². The van der Waals surface area contributed by atoms with Gasteiger partial charge in [-0.3, -0.25) is 9.36 Å². The van der Waals surface area contributed by atoms with E-state index in [4.69, 9.17) is 4.74 Å². The molecule has 5 heteroatoms. The Bertz CT molecular complexity index is 1140. The lowest BCUT2D eigenvalue weighted by Gasteiger charge is -2.09. The maximum absolute atomic E-state index is 13.0. The van der Waals surface area contributed by atoms with E-state index in [2.05, 4.69) is 31.0 Å². The second-order valence-corrected chi connectivity index (χ2v) is 6.81. The van der Waals surface area contributed by atoms with Crippen molar-refractivity contribution >= 4 is 5.65 Å². The third-order valence-corrected chi connectivity index (χ3v) is 4.74. The van der Waals surface area contributed by atoms with E-state index in [1.165, 1.54) is 5.56 Å². The molecule has 0 unspecified atom stereocenters. The Balaban J connectivity index is 1.76. The van der Waals surface area contributed by atoms with Gasteiger partial charge in [0.1, 0.15) is 5.75 Å². The molecule has 4 aromatic rings. The van der Waals surface area contributed by atoms with Crippen molar-refractivity contribution in [1.29, 1.82) is 0 Å². The summed E-state index contributed by atoms with van der Waals surface area (Å²) < 4.78 is 8.59. The molecule has 0 amide bonds. The first-order valence-corrected chi connectivity index (χ1v) is 8.92. The quantitative estimate of drug-likeness (QED) is 0.546. The first-order valence-electron chi connectivity index (χ1n) is 8.92. The topological polar surface area (TPSA) is 48.5 Å². The van der Waals surface area contributed by atoms with Crippen LogP contribution in [0.2, 0.25) is 0 Å². The predicted molar refractivity (Wildman–Crippen MR) is 107 cm³/mol. The Morgan fingerprint density at radius 1 is 0.963 bits per heavy atom. The van der Waals surface area contributed by atoms with Crippen LogP contribution in [-0.4, -0.2) is 21.1 Å². The van der Waals surface area contributed by atoms with E-state index < -0.39 is 0 Å². The monoisotopic (exact) mass is 359 g/mol. The van der Waals surface area contributed by atoms with E-state index >= 15 is 0 Å². The largest absolute Gasteiger partial charge is 0.497 e. The Kier molecular flexibility index (Phi) is 4.28. The van der Waals surface area contributed by atoms with Gasteiger partial charge in [-0.2, -0.15) is 0 Å². The zero-order valence-electron chi connectivity index (χ0n) is 15.6. The third-order valence-electron chi connectivity index (χ3n) is 4.74. The van der Waals surface area contributed by atoms with Crippen LogP contribution in [-0.2, 0) is 0 Å². The highest BCUT2D eigenvalue weighted by atomic mass is 16.5. The number of benzene rings is 2. The summed E-state index contributed by atoms with van der Waals surface area (Å²) in [6.45, 7) is 4.30. The van der Waals surface area contributed by atoms with Gasteiger partial charge in [0, 0.05) is 29.8 Å². The molecule has 4 rings (SSSR count). The van der Waals surface area contributed by atoms with Crippen molar-refractivity contribution in [3.63, 3.8) is 0 Å². The summed E-state index contributed by atoms with van der Waals surface area (Å²) in [6, 6.07) is 15.7. The number of methoxy groups -OCH3 is 1. The minimum atomic E-state index is -0.144. The van der Waals surface area contributed by atoms with Crippen molar-refractivity contribution in [2.24, 2.45) is 0 Å². The molecule has 0 aliphatic heterocycles. The molecule has 2 aromatic carbocycles. The van der Waals surface area contributed by atoms with Crippen molar-refractivity contribution in [2.75, 3.05) is 7.11 Å². The average Bonchev–Trinajstić information content (AvgIpc) is 3.14. The summed E-state index contributed by atoms with van der Waals surface area (Å²) in [5.74, 6) is 1.24. The Labute approximate surface area is 157 Å². The molecule has 0 aliphatic rings. The van der Waals surface area contributed by atoms with E-state index in [1.807, 2.05) is 48.8 Å². The molecule has 0 aliphatic carbocycles. The van der Waals surface area contributed by atoms with Crippen molar-refractivity contribution in [2.45, 2.75) is 19.8 Å². The van der Waals surface area contributed by atoms with E-state index in [0.29, 0.717) is 11.6 Å². The smallest absolute Gasteiger partial charge is 0.298 e. The molecule has 0 bridgehead atoms. The minimum Gasteiger partial charge on any atom is -0.497 e. The predicted octanol–water partition coefficient (Wildman–Crippen LogP) is 4.28. The molecule has 0 radical (unpaired) electrons. The molecule has 0 N–H and O–H groups in total. The number of hydrogen-bond donors (Lipinski definition) is 0. The van der Waals surface area contributed by atoms with Crippen molar-refractivity contribution < 1.29 is 4.74 Å². The SMILES string of the molecule is COc1ccc(-c2cn3ccn(-c4ccc(C(C)C)cc4)c(=O)c3n2)cc1. The highest BCUT2D eigenvalue weighted by Gasteiger charge is 2.11. The normalized spacial score (nSPS) is 11.3. The molecule has 27 heavy (non-hydrogen) atoms. The zero-order chi connectivity index (χ0) is 19.0. The Hall–Kier alpha value is -3.34. The van der Waals surface area contributed by atoms with E-state index in [1.54, 1.807) is 22.3 Å². The van der Waals surface area contributed by atoms with Crippen LogP contribution in [0.25, 0.3) is 22.6 Å². The van der Waals surface area contributed by atoms with Crippen LogP contribution in [0.4, 0.5) is 0 Å². The second kappa shape index (κ2) is 6.76. The number of ether oxygens (including phenoxy) is 1. The number of hydrogen-bond acceptors (Lipinski definition) is 3. The number of nitrogens with zero attached hydrogens (tertiary/aromatic N) is 3. The molecular formula is C22H21N3O2. The summed E-state index contributed by atoms with van der Waals surface area (Å²) in [6.07, 6.45) is 5.50. The van der Waals surface area contributed by atoms with Gasteiger partial charge >= 0.3 is 0 Å². The van der Waals surface area contributed by atoms with Crippen LogP contribution in [0.3, 0.4) is 0 Å². The standard InChI is InChI=1S/C22H21N3O2/c1-15(2)16-4-8-18(9-5-16)25-13-12-24-14-20(23-21(24)22(25)26)17-6-10-19(27-3)11-7-17/h4-15H,1-3H3. The summed E-state index contributed by atoms with van der Waals surface area (Å²) in [7, 11) is 1.64. The molecule has 0 spiro atoms. The number of fused-ring (bicyclic) bond motifs is 1. The average molecular weight is 359 g/mol. The van der Waals surface area contributed by atoms with Crippen LogP contribution < -0.4 is 10.3 Å². The van der Waals surface area contributed by atoms with Gasteiger partial charge in [0.15, 0.2) is 0 Å². The van der Waals surface area contributed by atoms with Crippen LogP contribution in [0.1, 0.15) is 25.3 Å². The van der Waals surface area contributed by atoms with Crippen LogP contribution in [0.15, 0.2) is 71.9 Å². The van der Waals surface area contributed by atoms with E-state index in [0.717, 1.165) is 22.7 Å². The van der Waals surface area contributed by atoms with Gasteiger partial charge in [0.2, 0.25) is 5.65 Å². The highest BCUT2D eigenvalue weighted by molar-refractivity contribution is 5.63. The molecule has 0 saturated carbocycles. The highest BCUT2D eigenvalue weighted by Crippen LogP contribution is 2.22. The number of imidazole rings is 1. The van der Waals surface area contributed by atoms with Gasteiger partial charge in [-0.1, -0.05) is 26.0 Å². The Morgan fingerprint density at radius 3 is 2.30 bits per heavy atom. The fourth-order valence-electron chi connectivity index (χ4n) is 3.10. The third kappa shape index (κ3) is 3.12. The molecule has 136 valence electrons. The lowest BCUT2D eigenvalue weighted by atomic mass is 10.0. The Morgan fingerprint density at radius 2 is 1.67 bits per heavy atom. The molecule has 2 aromatic heterocycles. The van der Waals surface area contributed by atoms with Crippen molar-refractivity contribution in [1.82, 2.24) is 14.0 Å². The van der Waals surface area contributed by atoms with Crippen molar-refractivity contribution in [3.05, 3.63) is 83.0 Å². The lowest BCUT2D eigenvalue weighted by Crippen LogP contribution is -2.19. The second-order valence-electron chi connectivity index (χ2n) is 6.81. The van der Waals surface area contributed by atoms with Crippen molar-refractivity contribution in [3.8, 4) is 22.7 Å². The van der Waals surface area contributed by atoms with Gasteiger partial charge in [0.25, 0.3) is 5.56 Å². The van der Waals surface area contributed by atoms with Gasteiger partial charge < -0.3 is 9.14 Å². The minimum absolute atomic E-state index is 0.144. The maximum atomic E-state index is 13.0. The number of aromatic nitrogens is 3. The molecule has 0 saturated heterocycles. The van der Waals surface area contributed by atoms with Gasteiger partial charge in [0.05, 0.1) is 12.8 Å². The first kappa shape index (κ1) is 17.1. The van der Waals surface area contributed by atoms with Gasteiger partial charge in [-0.05, 0) is 47.9 Å². The van der Waals surface area contributed by atoms with Crippen LogP contribution in [0, 0.1) is 0 Å². The molecule has 0 fully saturated rings. The van der Waals surface area contributed by atoms with Gasteiger partial charge in [-0.25, -0.2) is 4.98 Å². The molecule has 0 atom stereocenters. The fraction of sp³-hybridized carbons (Fsp3) is 0.182. The summed E-state index contributed by atoms with van der Waals surface area (Å²) in [5, 5.41) is 0. The number of rotatable bonds is 4. The van der Waals surface area contributed by atoms with Crippen LogP contribution in [0.5, 0.6) is 5.75 Å². The molecule has 5 nitrogen and oxygen atoms in total. The van der Waals surface area contributed by atoms with E-state index in [-0.39, 0.29) is 5.56 Å². The molecular weight excluding hydrogens is 338 g/mol. The summed E-state index contributed by atoms with van der Waals surface area (Å²) in [5.41, 5.74) is 4.02. The lowest BCUT2D eigenvalue weighted by molar-refractivity contribution is 0.415. The zero-order valence-corrected chi connectivity index (χ0v) is 15.6. The first-order chi connectivity index (χ1) is 13.1. The summed E-state index contributed by atoms with van der Waals surface area (Å²) >= 11 is 0. The maximum Gasteiger partial charge on any atom is 0.298 e. The fourth-order valence-corrected chi connectivity index (χ4v) is 3.10. The summed E-state index contributed by atoms with van der Waals surface area (Å²) in [4.78, 5) is 17.5. The van der Waals surface area contributed by atoms with E-state index in [9.17, 15) is 4.79 Å².